The zero-order valence-corrected chi connectivity index (χ0v) is 13.0. The van der Waals surface area contributed by atoms with Crippen molar-refractivity contribution in [3.05, 3.63) is 21.6 Å². The van der Waals surface area contributed by atoms with Crippen molar-refractivity contribution in [1.29, 1.82) is 0 Å². The zero-order chi connectivity index (χ0) is 14.5. The van der Waals surface area contributed by atoms with E-state index in [1.165, 1.54) is 4.68 Å². The van der Waals surface area contributed by atoms with E-state index in [1.54, 1.807) is 6.20 Å². The van der Waals surface area contributed by atoms with Gasteiger partial charge in [0.1, 0.15) is 5.02 Å². The van der Waals surface area contributed by atoms with Crippen molar-refractivity contribution in [3.8, 4) is 0 Å². The Morgan fingerprint density at radius 3 is 2.53 bits per heavy atom. The molecule has 0 unspecified atom stereocenters. The summed E-state index contributed by atoms with van der Waals surface area (Å²) in [6, 6.07) is 0. The van der Waals surface area contributed by atoms with E-state index in [9.17, 15) is 4.79 Å². The minimum atomic E-state index is -0.213. The van der Waals surface area contributed by atoms with Gasteiger partial charge in [0.05, 0.1) is 11.9 Å². The Kier molecular flexibility index (Phi) is 5.85. The highest BCUT2D eigenvalue weighted by atomic mass is 35.5. The summed E-state index contributed by atoms with van der Waals surface area (Å²) in [4.78, 5) is 12.1. The highest BCUT2D eigenvalue weighted by Gasteiger charge is 2.21. The Morgan fingerprint density at radius 2 is 2.00 bits per heavy atom. The van der Waals surface area contributed by atoms with Gasteiger partial charge in [0.15, 0.2) is 0 Å². The molecule has 0 radical (unpaired) electrons. The maximum atomic E-state index is 12.1. The summed E-state index contributed by atoms with van der Waals surface area (Å²) < 4.78 is 1.44. The van der Waals surface area contributed by atoms with E-state index >= 15 is 0 Å². The number of hydrogen-bond acceptors (Lipinski definition) is 3. The molecule has 1 N–H and O–H groups in total. The van der Waals surface area contributed by atoms with Crippen LogP contribution in [0.2, 0.25) is 5.02 Å². The summed E-state index contributed by atoms with van der Waals surface area (Å²) in [7, 11) is 0. The molecule has 1 aromatic heterocycles. The normalized spacial score (nSPS) is 11.6. The van der Waals surface area contributed by atoms with Gasteiger partial charge in [0.25, 0.3) is 5.56 Å². The van der Waals surface area contributed by atoms with E-state index in [4.69, 9.17) is 11.6 Å². The number of nitrogens with zero attached hydrogens (tertiary/aromatic N) is 2. The molecule has 1 heterocycles. The van der Waals surface area contributed by atoms with Crippen LogP contribution in [0.1, 0.15) is 53.4 Å². The quantitative estimate of drug-likeness (QED) is 0.831. The standard InChI is InChI=1S/C14H24ClN3O/c1-5-8-9-18-13(19)12(15)11(10-16-18)17-14(4,6-2)7-3/h10,17H,5-9H2,1-4H3. The Hall–Kier alpha value is -1.03. The second-order valence-electron chi connectivity index (χ2n) is 5.15. The lowest BCUT2D eigenvalue weighted by molar-refractivity contribution is 0.476. The fourth-order valence-corrected chi connectivity index (χ4v) is 1.96. The molecule has 108 valence electrons. The van der Waals surface area contributed by atoms with Gasteiger partial charge in [-0.05, 0) is 26.2 Å². The maximum absolute atomic E-state index is 12.1. The minimum absolute atomic E-state index is 0.0621. The van der Waals surface area contributed by atoms with Crippen LogP contribution < -0.4 is 10.9 Å². The molecule has 0 aliphatic rings. The van der Waals surface area contributed by atoms with Crippen LogP contribution in [-0.4, -0.2) is 15.3 Å². The molecule has 0 aliphatic carbocycles. The molecule has 0 saturated heterocycles. The Bertz CT molecular complexity index is 466. The summed E-state index contributed by atoms with van der Waals surface area (Å²) in [6.45, 7) is 9.04. The van der Waals surface area contributed by atoms with Crippen LogP contribution >= 0.6 is 11.6 Å². The highest BCUT2D eigenvalue weighted by Crippen LogP contribution is 2.24. The molecule has 5 heteroatoms. The van der Waals surface area contributed by atoms with Gasteiger partial charge in [-0.15, -0.1) is 0 Å². The Labute approximate surface area is 120 Å². The monoisotopic (exact) mass is 285 g/mol. The van der Waals surface area contributed by atoms with E-state index in [0.717, 1.165) is 25.7 Å². The predicted molar refractivity (Wildman–Crippen MR) is 81.0 cm³/mol. The first-order chi connectivity index (χ1) is 8.97. The van der Waals surface area contributed by atoms with E-state index < -0.39 is 0 Å². The summed E-state index contributed by atoms with van der Waals surface area (Å²) in [5.74, 6) is 0. The third-order valence-corrected chi connectivity index (χ3v) is 4.07. The molecule has 0 spiro atoms. The first-order valence-corrected chi connectivity index (χ1v) is 7.39. The van der Waals surface area contributed by atoms with Gasteiger partial charge in [-0.2, -0.15) is 5.10 Å². The minimum Gasteiger partial charge on any atom is -0.377 e. The highest BCUT2D eigenvalue weighted by molar-refractivity contribution is 6.32. The molecule has 0 fully saturated rings. The largest absolute Gasteiger partial charge is 0.377 e. The molecule has 0 aromatic carbocycles. The lowest BCUT2D eigenvalue weighted by atomic mass is 9.95. The molecule has 0 amide bonds. The molecule has 1 rings (SSSR count). The van der Waals surface area contributed by atoms with Crippen molar-refractivity contribution in [1.82, 2.24) is 9.78 Å². The molecule has 19 heavy (non-hydrogen) atoms. The summed E-state index contributed by atoms with van der Waals surface area (Å²) in [5, 5.41) is 7.76. The number of hydrogen-bond donors (Lipinski definition) is 1. The van der Waals surface area contributed by atoms with Crippen molar-refractivity contribution in [2.45, 2.75) is 65.5 Å². The molecule has 0 saturated carbocycles. The van der Waals surface area contributed by atoms with Gasteiger partial charge < -0.3 is 5.32 Å². The van der Waals surface area contributed by atoms with Gasteiger partial charge in [-0.3, -0.25) is 4.79 Å². The average Bonchev–Trinajstić information content (AvgIpc) is 2.43. The Morgan fingerprint density at radius 1 is 1.37 bits per heavy atom. The lowest BCUT2D eigenvalue weighted by Gasteiger charge is -2.29. The fraction of sp³-hybridized carbons (Fsp3) is 0.714. The Balaban J connectivity index is 2.99. The summed E-state index contributed by atoms with van der Waals surface area (Å²) in [6.07, 6.45) is 5.52. The van der Waals surface area contributed by atoms with Crippen molar-refractivity contribution < 1.29 is 0 Å². The number of unbranched alkanes of at least 4 members (excludes halogenated alkanes) is 1. The molecular weight excluding hydrogens is 262 g/mol. The van der Waals surface area contributed by atoms with E-state index in [2.05, 4.69) is 38.1 Å². The average molecular weight is 286 g/mol. The topological polar surface area (TPSA) is 46.9 Å². The van der Waals surface area contributed by atoms with Gasteiger partial charge in [0.2, 0.25) is 0 Å². The second kappa shape index (κ2) is 6.94. The fourth-order valence-electron chi connectivity index (χ4n) is 1.77. The van der Waals surface area contributed by atoms with Crippen LogP contribution in [0.5, 0.6) is 0 Å². The van der Waals surface area contributed by atoms with E-state index in [-0.39, 0.29) is 16.1 Å². The molecule has 1 aromatic rings. The van der Waals surface area contributed by atoms with Crippen LogP contribution in [0.3, 0.4) is 0 Å². The molecular formula is C14H24ClN3O. The number of halogens is 1. The number of nitrogens with one attached hydrogen (secondary N) is 1. The van der Waals surface area contributed by atoms with Crippen molar-refractivity contribution in [2.75, 3.05) is 5.32 Å². The first-order valence-electron chi connectivity index (χ1n) is 7.01. The van der Waals surface area contributed by atoms with E-state index in [0.29, 0.717) is 12.2 Å². The van der Waals surface area contributed by atoms with Gasteiger partial charge >= 0.3 is 0 Å². The van der Waals surface area contributed by atoms with E-state index in [1.807, 2.05) is 0 Å². The smallest absolute Gasteiger partial charge is 0.287 e. The molecule has 4 nitrogen and oxygen atoms in total. The maximum Gasteiger partial charge on any atom is 0.287 e. The van der Waals surface area contributed by atoms with Crippen LogP contribution in [0.25, 0.3) is 0 Å². The van der Waals surface area contributed by atoms with Crippen LogP contribution in [0.15, 0.2) is 11.0 Å². The number of aromatic nitrogens is 2. The van der Waals surface area contributed by atoms with Crippen molar-refractivity contribution in [2.24, 2.45) is 0 Å². The van der Waals surface area contributed by atoms with Gasteiger partial charge in [0, 0.05) is 12.1 Å². The van der Waals surface area contributed by atoms with Crippen LogP contribution in [0, 0.1) is 0 Å². The number of rotatable bonds is 7. The third-order valence-electron chi connectivity index (χ3n) is 3.71. The third kappa shape index (κ3) is 3.96. The second-order valence-corrected chi connectivity index (χ2v) is 5.52. The summed E-state index contributed by atoms with van der Waals surface area (Å²) in [5.41, 5.74) is 0.355. The predicted octanol–water partition coefficient (Wildman–Crippen LogP) is 3.69. The number of anilines is 1. The van der Waals surface area contributed by atoms with Gasteiger partial charge in [-0.25, -0.2) is 4.68 Å². The van der Waals surface area contributed by atoms with Crippen LogP contribution in [0.4, 0.5) is 5.69 Å². The zero-order valence-electron chi connectivity index (χ0n) is 12.3. The molecule has 0 bridgehead atoms. The molecule has 0 atom stereocenters. The van der Waals surface area contributed by atoms with Crippen LogP contribution in [-0.2, 0) is 6.54 Å². The summed E-state index contributed by atoms with van der Waals surface area (Å²) >= 11 is 6.16. The first kappa shape index (κ1) is 16.0. The SMILES string of the molecule is CCCCn1ncc(NC(C)(CC)CC)c(Cl)c1=O. The van der Waals surface area contributed by atoms with Crippen molar-refractivity contribution >= 4 is 17.3 Å². The lowest BCUT2D eigenvalue weighted by Crippen LogP contribution is -2.34. The van der Waals surface area contributed by atoms with Crippen molar-refractivity contribution in [3.63, 3.8) is 0 Å². The van der Waals surface area contributed by atoms with Gasteiger partial charge in [-0.1, -0.05) is 38.8 Å². The number of aryl methyl sites for hydroxylation is 1. The molecule has 0 aliphatic heterocycles.